The summed E-state index contributed by atoms with van der Waals surface area (Å²) < 4.78 is 0. The fourth-order valence-corrected chi connectivity index (χ4v) is 3.55. The minimum Gasteiger partial charge on any atom is -0.384 e. The first-order valence-corrected chi connectivity index (χ1v) is 7.96. The molecule has 2 aliphatic rings. The van der Waals surface area contributed by atoms with E-state index in [1.54, 1.807) is 0 Å². The maximum atomic E-state index is 12.9. The number of nitrogens with one attached hydrogen (secondary N) is 1. The van der Waals surface area contributed by atoms with Crippen LogP contribution in [0.5, 0.6) is 0 Å². The second kappa shape index (κ2) is 6.06. The summed E-state index contributed by atoms with van der Waals surface area (Å²) in [5.74, 6) is 0.394. The standard InChI is InChI=1S/C17H25N3O/c1-13-12-19(2)8-5-9-20(13)17(21)15-10-14-6-3-4-7-16(14)18-11-15/h3-4,6-7,13,15,18H,5,8-12H2,1-2H3. The van der Waals surface area contributed by atoms with E-state index in [0.717, 1.165) is 39.0 Å². The molecule has 0 aliphatic carbocycles. The predicted octanol–water partition coefficient (Wildman–Crippen LogP) is 1.82. The lowest BCUT2D eigenvalue weighted by atomic mass is 9.92. The number of amides is 1. The fraction of sp³-hybridized carbons (Fsp3) is 0.588. The maximum absolute atomic E-state index is 12.9. The van der Waals surface area contributed by atoms with Gasteiger partial charge in [-0.2, -0.15) is 0 Å². The normalized spacial score (nSPS) is 26.7. The van der Waals surface area contributed by atoms with Crippen LogP contribution in [0.4, 0.5) is 5.69 Å². The number of nitrogens with zero attached hydrogens (tertiary/aromatic N) is 2. The summed E-state index contributed by atoms with van der Waals surface area (Å²) in [4.78, 5) is 17.3. The molecule has 4 heteroatoms. The van der Waals surface area contributed by atoms with Gasteiger partial charge in [0.15, 0.2) is 0 Å². The molecule has 1 amide bonds. The molecule has 0 radical (unpaired) electrons. The van der Waals surface area contributed by atoms with E-state index in [2.05, 4.69) is 47.3 Å². The molecule has 2 unspecified atom stereocenters. The van der Waals surface area contributed by atoms with Crippen LogP contribution in [0.15, 0.2) is 24.3 Å². The van der Waals surface area contributed by atoms with Crippen LogP contribution < -0.4 is 5.32 Å². The van der Waals surface area contributed by atoms with Gasteiger partial charge in [-0.3, -0.25) is 4.79 Å². The number of fused-ring (bicyclic) bond motifs is 1. The summed E-state index contributed by atoms with van der Waals surface area (Å²) in [6.07, 6.45) is 1.93. The zero-order chi connectivity index (χ0) is 14.8. The first-order valence-electron chi connectivity index (χ1n) is 7.96. The Hall–Kier alpha value is -1.55. The molecule has 1 fully saturated rings. The van der Waals surface area contributed by atoms with Crippen molar-refractivity contribution < 1.29 is 4.79 Å². The zero-order valence-electron chi connectivity index (χ0n) is 13.0. The van der Waals surface area contributed by atoms with Crippen LogP contribution in [0, 0.1) is 5.92 Å². The molecule has 0 bridgehead atoms. The number of carbonyl (C=O) groups is 1. The molecular weight excluding hydrogens is 262 g/mol. The lowest BCUT2D eigenvalue weighted by molar-refractivity contribution is -0.137. The predicted molar refractivity (Wildman–Crippen MR) is 85.4 cm³/mol. The highest BCUT2D eigenvalue weighted by Gasteiger charge is 2.31. The van der Waals surface area contributed by atoms with Crippen LogP contribution in [0.2, 0.25) is 0 Å². The van der Waals surface area contributed by atoms with E-state index in [-0.39, 0.29) is 5.92 Å². The largest absolute Gasteiger partial charge is 0.384 e. The van der Waals surface area contributed by atoms with Crippen molar-refractivity contribution in [2.75, 3.05) is 38.5 Å². The summed E-state index contributed by atoms with van der Waals surface area (Å²) in [5, 5.41) is 3.41. The molecule has 2 heterocycles. The average Bonchev–Trinajstić information content (AvgIpc) is 2.66. The molecule has 1 N–H and O–H groups in total. The molecule has 0 spiro atoms. The van der Waals surface area contributed by atoms with E-state index in [9.17, 15) is 4.79 Å². The summed E-state index contributed by atoms with van der Waals surface area (Å²) >= 11 is 0. The molecule has 1 saturated heterocycles. The number of anilines is 1. The molecule has 1 aromatic carbocycles. The molecule has 21 heavy (non-hydrogen) atoms. The van der Waals surface area contributed by atoms with Gasteiger partial charge in [0, 0.05) is 31.4 Å². The van der Waals surface area contributed by atoms with E-state index in [1.807, 2.05) is 6.07 Å². The monoisotopic (exact) mass is 287 g/mol. The van der Waals surface area contributed by atoms with Crippen molar-refractivity contribution in [3.8, 4) is 0 Å². The van der Waals surface area contributed by atoms with E-state index in [4.69, 9.17) is 0 Å². The fourth-order valence-electron chi connectivity index (χ4n) is 3.55. The van der Waals surface area contributed by atoms with Gasteiger partial charge in [-0.05, 0) is 45.0 Å². The highest BCUT2D eigenvalue weighted by Crippen LogP contribution is 2.26. The third-order valence-electron chi connectivity index (χ3n) is 4.70. The van der Waals surface area contributed by atoms with Crippen molar-refractivity contribution in [3.63, 3.8) is 0 Å². The van der Waals surface area contributed by atoms with Crippen LogP contribution >= 0.6 is 0 Å². The molecule has 4 nitrogen and oxygen atoms in total. The van der Waals surface area contributed by atoms with Crippen molar-refractivity contribution >= 4 is 11.6 Å². The minimum atomic E-state index is 0.0748. The summed E-state index contributed by atoms with van der Waals surface area (Å²) in [6, 6.07) is 8.63. The van der Waals surface area contributed by atoms with Crippen molar-refractivity contribution in [2.45, 2.75) is 25.8 Å². The van der Waals surface area contributed by atoms with E-state index in [0.29, 0.717) is 11.9 Å². The number of rotatable bonds is 1. The summed E-state index contributed by atoms with van der Waals surface area (Å²) in [5.41, 5.74) is 2.45. The number of carbonyl (C=O) groups excluding carboxylic acids is 1. The number of hydrogen-bond donors (Lipinski definition) is 1. The molecule has 0 aromatic heterocycles. The van der Waals surface area contributed by atoms with Gasteiger partial charge in [0.1, 0.15) is 0 Å². The van der Waals surface area contributed by atoms with Crippen LogP contribution in [-0.4, -0.2) is 55.0 Å². The molecule has 2 aliphatic heterocycles. The third-order valence-corrected chi connectivity index (χ3v) is 4.70. The molecule has 3 rings (SSSR count). The summed E-state index contributed by atoms with van der Waals surface area (Å²) in [6.45, 7) is 5.88. The topological polar surface area (TPSA) is 35.6 Å². The van der Waals surface area contributed by atoms with Gasteiger partial charge in [0.25, 0.3) is 0 Å². The van der Waals surface area contributed by atoms with Gasteiger partial charge in [-0.1, -0.05) is 18.2 Å². The Kier molecular flexibility index (Phi) is 4.15. The van der Waals surface area contributed by atoms with Crippen LogP contribution in [-0.2, 0) is 11.2 Å². The molecule has 1 aromatic rings. The molecule has 2 atom stereocenters. The number of likely N-dealkylation sites (N-methyl/N-ethyl adjacent to an activating group) is 1. The SMILES string of the molecule is CC1CN(C)CCCN1C(=O)C1CNc2ccccc2C1. The molecular formula is C17H25N3O. The quantitative estimate of drug-likeness (QED) is 0.856. The lowest BCUT2D eigenvalue weighted by Crippen LogP contribution is -2.47. The Morgan fingerprint density at radius 3 is 2.95 bits per heavy atom. The second-order valence-electron chi connectivity index (χ2n) is 6.44. The van der Waals surface area contributed by atoms with Gasteiger partial charge in [-0.15, -0.1) is 0 Å². The third kappa shape index (κ3) is 3.05. The van der Waals surface area contributed by atoms with E-state index >= 15 is 0 Å². The van der Waals surface area contributed by atoms with Crippen LogP contribution in [0.3, 0.4) is 0 Å². The Morgan fingerprint density at radius 2 is 2.10 bits per heavy atom. The average molecular weight is 287 g/mol. The zero-order valence-corrected chi connectivity index (χ0v) is 13.0. The smallest absolute Gasteiger partial charge is 0.228 e. The number of hydrogen-bond acceptors (Lipinski definition) is 3. The highest BCUT2D eigenvalue weighted by atomic mass is 16.2. The Morgan fingerprint density at radius 1 is 1.29 bits per heavy atom. The van der Waals surface area contributed by atoms with Gasteiger partial charge >= 0.3 is 0 Å². The lowest BCUT2D eigenvalue weighted by Gasteiger charge is -2.34. The van der Waals surface area contributed by atoms with E-state index in [1.165, 1.54) is 11.3 Å². The number of benzene rings is 1. The van der Waals surface area contributed by atoms with Crippen LogP contribution in [0.1, 0.15) is 18.9 Å². The van der Waals surface area contributed by atoms with Crippen molar-refractivity contribution in [3.05, 3.63) is 29.8 Å². The highest BCUT2D eigenvalue weighted by molar-refractivity contribution is 5.81. The molecule has 114 valence electrons. The Balaban J connectivity index is 1.71. The first kappa shape index (κ1) is 14.4. The first-order chi connectivity index (χ1) is 10.1. The van der Waals surface area contributed by atoms with Gasteiger partial charge in [-0.25, -0.2) is 0 Å². The summed E-state index contributed by atoms with van der Waals surface area (Å²) in [7, 11) is 2.14. The Bertz CT molecular complexity index is 517. The second-order valence-corrected chi connectivity index (χ2v) is 6.44. The number of para-hydroxylation sites is 1. The van der Waals surface area contributed by atoms with E-state index < -0.39 is 0 Å². The minimum absolute atomic E-state index is 0.0748. The van der Waals surface area contributed by atoms with Crippen molar-refractivity contribution in [1.29, 1.82) is 0 Å². The van der Waals surface area contributed by atoms with Gasteiger partial charge in [0.2, 0.25) is 5.91 Å². The van der Waals surface area contributed by atoms with Gasteiger partial charge in [0.05, 0.1) is 5.92 Å². The van der Waals surface area contributed by atoms with Gasteiger partial charge < -0.3 is 15.1 Å². The van der Waals surface area contributed by atoms with Crippen molar-refractivity contribution in [2.24, 2.45) is 5.92 Å². The van der Waals surface area contributed by atoms with Crippen molar-refractivity contribution in [1.82, 2.24) is 9.80 Å². The maximum Gasteiger partial charge on any atom is 0.228 e. The van der Waals surface area contributed by atoms with Crippen LogP contribution in [0.25, 0.3) is 0 Å². The Labute approximate surface area is 127 Å². The molecule has 0 saturated carbocycles.